The van der Waals surface area contributed by atoms with E-state index in [0.717, 1.165) is 23.4 Å². The summed E-state index contributed by atoms with van der Waals surface area (Å²) in [5.41, 5.74) is -3.17. The Hall–Kier alpha value is -3.51. The van der Waals surface area contributed by atoms with E-state index in [1.807, 2.05) is 5.32 Å². The lowest BCUT2D eigenvalue weighted by atomic mass is 10.1. The molecular weight excluding hydrogens is 428 g/mol. The summed E-state index contributed by atoms with van der Waals surface area (Å²) >= 11 is 0. The van der Waals surface area contributed by atoms with E-state index in [2.05, 4.69) is 10.1 Å². The van der Waals surface area contributed by atoms with Crippen LogP contribution in [0.2, 0.25) is 0 Å². The van der Waals surface area contributed by atoms with Crippen LogP contribution in [0.15, 0.2) is 30.9 Å². The predicted molar refractivity (Wildman–Crippen MR) is 84.9 cm³/mol. The summed E-state index contributed by atoms with van der Waals surface area (Å²) in [6.07, 6.45) is -3.97. The van der Waals surface area contributed by atoms with Crippen molar-refractivity contribution in [2.45, 2.75) is 12.6 Å². The van der Waals surface area contributed by atoms with Crippen molar-refractivity contribution in [1.29, 1.82) is 0 Å². The number of rotatable bonds is 4. The molecule has 5 nitrogen and oxygen atoms in total. The maximum atomic E-state index is 13.8. The Morgan fingerprint density at radius 1 is 0.967 bits per heavy atom. The molecule has 0 aliphatic carbocycles. The highest BCUT2D eigenvalue weighted by Gasteiger charge is 2.32. The second kappa shape index (κ2) is 7.72. The van der Waals surface area contributed by atoms with Gasteiger partial charge in [-0.1, -0.05) is 0 Å². The number of benzene rings is 2. The first-order valence-corrected chi connectivity index (χ1v) is 7.87. The molecule has 3 aromatic rings. The minimum Gasteiger partial charge on any atom is -0.324 e. The van der Waals surface area contributed by atoms with Gasteiger partial charge in [0.15, 0.2) is 23.3 Å². The van der Waals surface area contributed by atoms with Crippen LogP contribution < -0.4 is 5.32 Å². The number of nitrogens with zero attached hydrogens (tertiary/aromatic N) is 3. The van der Waals surface area contributed by atoms with E-state index in [0.29, 0.717) is 12.1 Å². The van der Waals surface area contributed by atoms with Crippen molar-refractivity contribution < 1.29 is 39.9 Å². The van der Waals surface area contributed by atoms with Gasteiger partial charge in [-0.15, -0.1) is 0 Å². The SMILES string of the molecule is O=C(Cc1c(F)c(F)c(F)c(F)c1F)Nc1cc(C(F)(F)F)ccc1-n1cncn1. The fourth-order valence-electron chi connectivity index (χ4n) is 2.51. The lowest BCUT2D eigenvalue weighted by molar-refractivity contribution is -0.137. The van der Waals surface area contributed by atoms with Gasteiger partial charge in [-0.05, 0) is 18.2 Å². The third-order valence-electron chi connectivity index (χ3n) is 3.90. The number of hydrogen-bond acceptors (Lipinski definition) is 3. The summed E-state index contributed by atoms with van der Waals surface area (Å²) in [5, 5.41) is 5.67. The highest BCUT2D eigenvalue weighted by molar-refractivity contribution is 5.94. The van der Waals surface area contributed by atoms with Crippen molar-refractivity contribution in [3.8, 4) is 5.69 Å². The average molecular weight is 436 g/mol. The van der Waals surface area contributed by atoms with Gasteiger partial charge in [0.05, 0.1) is 23.4 Å². The Kier molecular flexibility index (Phi) is 5.46. The van der Waals surface area contributed by atoms with Crippen LogP contribution in [-0.4, -0.2) is 20.7 Å². The number of hydrogen-bond donors (Lipinski definition) is 1. The minimum absolute atomic E-state index is 0.0914. The van der Waals surface area contributed by atoms with Gasteiger partial charge in [0.25, 0.3) is 0 Å². The smallest absolute Gasteiger partial charge is 0.324 e. The molecule has 1 amide bonds. The molecule has 1 N–H and O–H groups in total. The van der Waals surface area contributed by atoms with E-state index in [4.69, 9.17) is 0 Å². The minimum atomic E-state index is -4.79. The Bertz CT molecular complexity index is 1080. The molecule has 0 aliphatic heterocycles. The molecule has 2 aromatic carbocycles. The Balaban J connectivity index is 1.97. The number of carbonyl (C=O) groups is 1. The molecule has 158 valence electrons. The topological polar surface area (TPSA) is 59.8 Å². The van der Waals surface area contributed by atoms with Crippen LogP contribution in [0.25, 0.3) is 5.69 Å². The lowest BCUT2D eigenvalue weighted by Gasteiger charge is -2.15. The summed E-state index contributed by atoms with van der Waals surface area (Å²) in [4.78, 5) is 15.8. The first kappa shape index (κ1) is 21.2. The molecule has 3 rings (SSSR count). The number of alkyl halides is 3. The van der Waals surface area contributed by atoms with Crippen LogP contribution in [0.3, 0.4) is 0 Å². The predicted octanol–water partition coefficient (Wildman–Crippen LogP) is 4.16. The number of aromatic nitrogens is 3. The molecule has 1 aromatic heterocycles. The van der Waals surface area contributed by atoms with Gasteiger partial charge < -0.3 is 5.32 Å². The largest absolute Gasteiger partial charge is 0.416 e. The van der Waals surface area contributed by atoms with Crippen molar-refractivity contribution in [1.82, 2.24) is 14.8 Å². The molecule has 0 bridgehead atoms. The lowest BCUT2D eigenvalue weighted by Crippen LogP contribution is -2.20. The maximum Gasteiger partial charge on any atom is 0.416 e. The molecule has 0 spiro atoms. The van der Waals surface area contributed by atoms with Crippen LogP contribution in [0.4, 0.5) is 40.8 Å². The van der Waals surface area contributed by atoms with Crippen molar-refractivity contribution in [2.24, 2.45) is 0 Å². The van der Waals surface area contributed by atoms with Gasteiger partial charge in [0.2, 0.25) is 11.7 Å². The van der Waals surface area contributed by atoms with Gasteiger partial charge in [-0.2, -0.15) is 18.3 Å². The first-order valence-electron chi connectivity index (χ1n) is 7.87. The number of nitrogens with one attached hydrogen (secondary N) is 1. The number of amides is 1. The van der Waals surface area contributed by atoms with E-state index in [1.54, 1.807) is 0 Å². The van der Waals surface area contributed by atoms with Crippen LogP contribution in [-0.2, 0) is 17.4 Å². The summed E-state index contributed by atoms with van der Waals surface area (Å²) < 4.78 is 107. The third-order valence-corrected chi connectivity index (χ3v) is 3.90. The fraction of sp³-hybridized carbons (Fsp3) is 0.118. The molecule has 30 heavy (non-hydrogen) atoms. The molecule has 0 atom stereocenters. The first-order chi connectivity index (χ1) is 14.0. The standard InChI is InChI=1S/C17H8F8N4O/c18-12-8(13(19)15(21)16(22)14(12)20)4-11(30)28-9-3-7(17(23,24)25)1-2-10(9)29-6-26-5-27-29/h1-3,5-6H,4H2,(H,28,30). The zero-order valence-corrected chi connectivity index (χ0v) is 14.4. The van der Waals surface area contributed by atoms with E-state index in [1.165, 1.54) is 0 Å². The van der Waals surface area contributed by atoms with E-state index in [9.17, 15) is 39.9 Å². The third kappa shape index (κ3) is 3.95. The van der Waals surface area contributed by atoms with Crippen molar-refractivity contribution in [3.63, 3.8) is 0 Å². The summed E-state index contributed by atoms with van der Waals surface area (Å²) in [6, 6.07) is 2.16. The zero-order valence-electron chi connectivity index (χ0n) is 14.4. The summed E-state index contributed by atoms with van der Waals surface area (Å²) in [5.74, 6) is -12.7. The van der Waals surface area contributed by atoms with Crippen LogP contribution in [0, 0.1) is 29.1 Å². The van der Waals surface area contributed by atoms with Crippen LogP contribution in [0.5, 0.6) is 0 Å². The second-order valence-electron chi connectivity index (χ2n) is 5.84. The highest BCUT2D eigenvalue weighted by atomic mass is 19.4. The van der Waals surface area contributed by atoms with E-state index >= 15 is 0 Å². The molecule has 0 fully saturated rings. The van der Waals surface area contributed by atoms with Gasteiger partial charge >= 0.3 is 6.18 Å². The number of carbonyl (C=O) groups excluding carboxylic acids is 1. The Labute approximate surface area is 162 Å². The molecule has 0 radical (unpaired) electrons. The van der Waals surface area contributed by atoms with Gasteiger partial charge in [0, 0.05) is 5.56 Å². The molecule has 0 unspecified atom stereocenters. The molecule has 0 saturated carbocycles. The fourth-order valence-corrected chi connectivity index (χ4v) is 2.51. The van der Waals surface area contributed by atoms with E-state index < -0.39 is 64.4 Å². The van der Waals surface area contributed by atoms with Gasteiger partial charge in [-0.3, -0.25) is 4.79 Å². The summed E-state index contributed by atoms with van der Waals surface area (Å²) in [7, 11) is 0. The number of anilines is 1. The van der Waals surface area contributed by atoms with Crippen LogP contribution in [0.1, 0.15) is 11.1 Å². The van der Waals surface area contributed by atoms with Gasteiger partial charge in [0.1, 0.15) is 12.7 Å². The average Bonchev–Trinajstić information content (AvgIpc) is 3.22. The molecule has 0 saturated heterocycles. The van der Waals surface area contributed by atoms with Crippen molar-refractivity contribution in [3.05, 3.63) is 71.1 Å². The van der Waals surface area contributed by atoms with Crippen LogP contribution >= 0.6 is 0 Å². The van der Waals surface area contributed by atoms with Crippen molar-refractivity contribution >= 4 is 11.6 Å². The quantitative estimate of drug-likeness (QED) is 0.380. The number of halogens is 8. The molecule has 0 aliphatic rings. The Morgan fingerprint density at radius 2 is 1.57 bits per heavy atom. The monoisotopic (exact) mass is 436 g/mol. The molecule has 1 heterocycles. The Morgan fingerprint density at radius 3 is 2.10 bits per heavy atom. The zero-order chi connectivity index (χ0) is 22.2. The molecular formula is C17H8F8N4O. The summed E-state index contributed by atoms with van der Waals surface area (Å²) in [6.45, 7) is 0. The second-order valence-corrected chi connectivity index (χ2v) is 5.84. The molecule has 13 heteroatoms. The van der Waals surface area contributed by atoms with Gasteiger partial charge in [-0.25, -0.2) is 31.6 Å². The van der Waals surface area contributed by atoms with Crippen molar-refractivity contribution in [2.75, 3.05) is 5.32 Å². The van der Waals surface area contributed by atoms with E-state index in [-0.39, 0.29) is 5.69 Å². The maximum absolute atomic E-state index is 13.8. The highest BCUT2D eigenvalue weighted by Crippen LogP contribution is 2.33. The normalized spacial score (nSPS) is 11.6.